The highest BCUT2D eigenvalue weighted by molar-refractivity contribution is 5.93. The molecule has 6 heteroatoms. The van der Waals surface area contributed by atoms with E-state index in [1.165, 1.54) is 0 Å². The number of hydrogen-bond acceptors (Lipinski definition) is 4. The molecule has 0 aliphatic rings. The van der Waals surface area contributed by atoms with Crippen molar-refractivity contribution < 1.29 is 4.79 Å². The molecule has 0 spiro atoms. The van der Waals surface area contributed by atoms with Gasteiger partial charge in [0.15, 0.2) is 0 Å². The Bertz CT molecular complexity index is 748. The molecule has 6 nitrogen and oxygen atoms in total. The van der Waals surface area contributed by atoms with E-state index < -0.39 is 0 Å². The average molecular weight is 267 g/mol. The van der Waals surface area contributed by atoms with Crippen LogP contribution in [0, 0.1) is 0 Å². The molecule has 100 valence electrons. The smallest absolute Gasteiger partial charge is 0.265 e. The summed E-state index contributed by atoms with van der Waals surface area (Å²) in [5.41, 5.74) is 5.52. The molecule has 0 radical (unpaired) electrons. The zero-order chi connectivity index (χ0) is 13.9. The fourth-order valence-electron chi connectivity index (χ4n) is 2.05. The third-order valence-corrected chi connectivity index (χ3v) is 3.10. The Hall–Kier alpha value is -2.73. The number of nitrogens with one attached hydrogen (secondary N) is 1. The summed E-state index contributed by atoms with van der Waals surface area (Å²) < 4.78 is 1.83. The van der Waals surface area contributed by atoms with Crippen molar-refractivity contribution in [2.24, 2.45) is 5.84 Å². The van der Waals surface area contributed by atoms with E-state index in [0.717, 1.165) is 16.6 Å². The van der Waals surface area contributed by atoms with Crippen LogP contribution < -0.4 is 11.3 Å². The molecule has 0 aliphatic carbocycles. The number of hydrazine groups is 1. The minimum Gasteiger partial charge on any atom is -0.290 e. The summed E-state index contributed by atoms with van der Waals surface area (Å²) in [6.07, 6.45) is 0. The summed E-state index contributed by atoms with van der Waals surface area (Å²) in [5, 5.41) is 8.24. The van der Waals surface area contributed by atoms with E-state index in [2.05, 4.69) is 15.7 Å². The van der Waals surface area contributed by atoms with Gasteiger partial charge in [0.05, 0.1) is 12.1 Å². The topological polar surface area (TPSA) is 85.8 Å². The van der Waals surface area contributed by atoms with Crippen molar-refractivity contribution in [3.05, 3.63) is 59.7 Å². The number of carbonyl (C=O) groups is 1. The molecule has 3 rings (SSSR count). The number of rotatable bonds is 3. The summed E-state index contributed by atoms with van der Waals surface area (Å²) in [6, 6.07) is 15.0. The number of nitrogen functional groups attached to an aromatic ring is 1. The fraction of sp³-hybridized carbons (Fsp3) is 0.0714. The minimum atomic E-state index is -0.303. The maximum atomic E-state index is 11.4. The Balaban J connectivity index is 1.86. The van der Waals surface area contributed by atoms with Gasteiger partial charge in [-0.3, -0.25) is 10.2 Å². The summed E-state index contributed by atoms with van der Waals surface area (Å²) in [6.45, 7) is 0.602. The van der Waals surface area contributed by atoms with Crippen molar-refractivity contribution in [3.63, 3.8) is 0 Å². The number of nitrogens with zero attached hydrogens (tertiary/aromatic N) is 3. The number of nitrogens with two attached hydrogens (primary N) is 1. The van der Waals surface area contributed by atoms with Gasteiger partial charge in [-0.1, -0.05) is 29.5 Å². The van der Waals surface area contributed by atoms with E-state index in [0.29, 0.717) is 12.1 Å². The molecule has 3 N–H and O–H groups in total. The Morgan fingerprint density at radius 2 is 1.90 bits per heavy atom. The summed E-state index contributed by atoms with van der Waals surface area (Å²) in [4.78, 5) is 11.4. The Morgan fingerprint density at radius 1 is 1.15 bits per heavy atom. The zero-order valence-corrected chi connectivity index (χ0v) is 10.7. The van der Waals surface area contributed by atoms with Gasteiger partial charge in [0, 0.05) is 5.56 Å². The number of aromatic nitrogens is 3. The van der Waals surface area contributed by atoms with Gasteiger partial charge in [-0.05, 0) is 29.8 Å². The minimum absolute atomic E-state index is 0.303. The Labute approximate surface area is 115 Å². The SMILES string of the molecule is NNC(=O)c1ccc(Cn2nnc3ccccc32)cc1. The van der Waals surface area contributed by atoms with Crippen molar-refractivity contribution in [1.29, 1.82) is 0 Å². The summed E-state index contributed by atoms with van der Waals surface area (Å²) in [7, 11) is 0. The molecule has 20 heavy (non-hydrogen) atoms. The number of para-hydroxylation sites is 1. The molecule has 2 aromatic carbocycles. The van der Waals surface area contributed by atoms with E-state index in [1.54, 1.807) is 12.1 Å². The number of amides is 1. The van der Waals surface area contributed by atoms with Crippen LogP contribution >= 0.6 is 0 Å². The first-order chi connectivity index (χ1) is 9.78. The molecule has 0 fully saturated rings. The predicted octanol–water partition coefficient (Wildman–Crippen LogP) is 1.08. The molecule has 1 amide bonds. The molecule has 1 heterocycles. The first-order valence-corrected chi connectivity index (χ1v) is 6.16. The molecule has 1 aromatic heterocycles. The molecule has 0 saturated heterocycles. The monoisotopic (exact) mass is 267 g/mol. The highest BCUT2D eigenvalue weighted by atomic mass is 16.2. The first kappa shape index (κ1) is 12.3. The number of benzene rings is 2. The van der Waals surface area contributed by atoms with Crippen LogP contribution in [0.15, 0.2) is 48.5 Å². The fourth-order valence-corrected chi connectivity index (χ4v) is 2.05. The normalized spacial score (nSPS) is 10.7. The van der Waals surface area contributed by atoms with Gasteiger partial charge in [-0.15, -0.1) is 5.10 Å². The van der Waals surface area contributed by atoms with Crippen molar-refractivity contribution in [3.8, 4) is 0 Å². The lowest BCUT2D eigenvalue weighted by atomic mass is 10.1. The van der Waals surface area contributed by atoms with Crippen molar-refractivity contribution >= 4 is 16.9 Å². The van der Waals surface area contributed by atoms with E-state index in [9.17, 15) is 4.79 Å². The molecular formula is C14H13N5O. The maximum Gasteiger partial charge on any atom is 0.265 e. The largest absolute Gasteiger partial charge is 0.290 e. The second-order valence-corrected chi connectivity index (χ2v) is 4.41. The summed E-state index contributed by atoms with van der Waals surface area (Å²) in [5.74, 6) is 4.79. The van der Waals surface area contributed by atoms with Crippen molar-refractivity contribution in [1.82, 2.24) is 20.4 Å². The van der Waals surface area contributed by atoms with Gasteiger partial charge in [-0.2, -0.15) is 0 Å². The van der Waals surface area contributed by atoms with E-state index in [1.807, 2.05) is 41.1 Å². The van der Waals surface area contributed by atoms with E-state index in [-0.39, 0.29) is 5.91 Å². The lowest BCUT2D eigenvalue weighted by molar-refractivity contribution is 0.0953. The Morgan fingerprint density at radius 3 is 2.65 bits per heavy atom. The van der Waals surface area contributed by atoms with Crippen LogP contribution in [0.2, 0.25) is 0 Å². The third-order valence-electron chi connectivity index (χ3n) is 3.10. The van der Waals surface area contributed by atoms with Crippen molar-refractivity contribution in [2.75, 3.05) is 0 Å². The number of fused-ring (bicyclic) bond motifs is 1. The zero-order valence-electron chi connectivity index (χ0n) is 10.7. The lowest BCUT2D eigenvalue weighted by Gasteiger charge is -2.04. The standard InChI is InChI=1S/C14H13N5O/c15-16-14(20)11-7-5-10(6-8-11)9-19-13-4-2-1-3-12(13)17-18-19/h1-8H,9,15H2,(H,16,20). The molecular weight excluding hydrogens is 254 g/mol. The van der Waals surface area contributed by atoms with Crippen LogP contribution in [-0.4, -0.2) is 20.9 Å². The molecule has 0 unspecified atom stereocenters. The maximum absolute atomic E-state index is 11.4. The van der Waals surface area contributed by atoms with E-state index >= 15 is 0 Å². The van der Waals surface area contributed by atoms with Gasteiger partial charge in [0.2, 0.25) is 0 Å². The van der Waals surface area contributed by atoms with Gasteiger partial charge in [-0.25, -0.2) is 10.5 Å². The number of hydrogen-bond donors (Lipinski definition) is 2. The molecule has 0 atom stereocenters. The number of carbonyl (C=O) groups excluding carboxylic acids is 1. The average Bonchev–Trinajstić information content (AvgIpc) is 2.91. The van der Waals surface area contributed by atoms with Crippen LogP contribution in [0.3, 0.4) is 0 Å². The van der Waals surface area contributed by atoms with Crippen molar-refractivity contribution in [2.45, 2.75) is 6.54 Å². The first-order valence-electron chi connectivity index (χ1n) is 6.16. The van der Waals surface area contributed by atoms with Crippen LogP contribution in [0.5, 0.6) is 0 Å². The van der Waals surface area contributed by atoms with Crippen LogP contribution in [-0.2, 0) is 6.54 Å². The highest BCUT2D eigenvalue weighted by Gasteiger charge is 2.06. The highest BCUT2D eigenvalue weighted by Crippen LogP contribution is 2.12. The van der Waals surface area contributed by atoms with Gasteiger partial charge in [0.1, 0.15) is 5.52 Å². The second-order valence-electron chi connectivity index (χ2n) is 4.41. The molecule has 0 aliphatic heterocycles. The Kier molecular flexibility index (Phi) is 3.14. The van der Waals surface area contributed by atoms with Gasteiger partial charge in [0.25, 0.3) is 5.91 Å². The van der Waals surface area contributed by atoms with Crippen LogP contribution in [0.4, 0.5) is 0 Å². The molecule has 0 bridgehead atoms. The second kappa shape index (κ2) is 5.10. The quantitative estimate of drug-likeness (QED) is 0.422. The predicted molar refractivity (Wildman–Crippen MR) is 74.7 cm³/mol. The molecule has 3 aromatic rings. The van der Waals surface area contributed by atoms with Crippen LogP contribution in [0.25, 0.3) is 11.0 Å². The van der Waals surface area contributed by atoms with Gasteiger partial charge >= 0.3 is 0 Å². The van der Waals surface area contributed by atoms with Gasteiger partial charge < -0.3 is 0 Å². The third kappa shape index (κ3) is 2.24. The van der Waals surface area contributed by atoms with Crippen LogP contribution in [0.1, 0.15) is 15.9 Å². The van der Waals surface area contributed by atoms with E-state index in [4.69, 9.17) is 5.84 Å². The summed E-state index contributed by atoms with van der Waals surface area (Å²) >= 11 is 0. The molecule has 0 saturated carbocycles. The lowest BCUT2D eigenvalue weighted by Crippen LogP contribution is -2.29.